The number of aliphatic carboxylic acids is 2. The molecule has 0 unspecified atom stereocenters. The summed E-state index contributed by atoms with van der Waals surface area (Å²) in [6.45, 7) is 0. The summed E-state index contributed by atoms with van der Waals surface area (Å²) in [6.07, 6.45) is -15.4. The average molecular weight is 154 g/mol. The molecule has 0 aromatic heterocycles. The van der Waals surface area contributed by atoms with Crippen LogP contribution in [0.2, 0.25) is 0 Å². The van der Waals surface area contributed by atoms with Gasteiger partial charge in [-0.25, -0.2) is 0 Å². The van der Waals surface area contributed by atoms with Crippen molar-refractivity contribution in [1.29, 1.82) is 0 Å². The Morgan fingerprint density at radius 2 is 1.40 bits per heavy atom. The molecular formula is C6H10O4. The SMILES string of the molecule is [2H]C([2H])(C(=O)O)C([2H])([2H])C([2H])([2H])C([2H])([2H])C(=O)O. The molecule has 0 bridgehead atoms. The molecule has 10 heavy (non-hydrogen) atoms. The lowest BCUT2D eigenvalue weighted by atomic mass is 10.2. The molecule has 0 atom stereocenters. The first-order valence-electron chi connectivity index (χ1n) is 6.11. The molecule has 0 heterocycles. The highest BCUT2D eigenvalue weighted by Crippen LogP contribution is 1.98. The highest BCUT2D eigenvalue weighted by molar-refractivity contribution is 5.67. The molecule has 2 N–H and O–H groups in total. The molecule has 0 aromatic rings. The van der Waals surface area contributed by atoms with Crippen LogP contribution in [-0.2, 0) is 9.59 Å². The minimum Gasteiger partial charge on any atom is -0.481 e. The number of carboxylic acid groups (broad SMARTS) is 2. The topological polar surface area (TPSA) is 74.6 Å². The van der Waals surface area contributed by atoms with Crippen molar-refractivity contribution in [1.82, 2.24) is 0 Å². The molecule has 0 aliphatic rings. The van der Waals surface area contributed by atoms with Crippen LogP contribution in [0.15, 0.2) is 0 Å². The monoisotopic (exact) mass is 154 g/mol. The van der Waals surface area contributed by atoms with Crippen LogP contribution >= 0.6 is 0 Å². The Balaban J connectivity index is 5.89. The lowest BCUT2D eigenvalue weighted by molar-refractivity contribution is -0.139. The second-order valence-corrected chi connectivity index (χ2v) is 1.11. The Kier molecular flexibility index (Phi) is 1.06. The second kappa shape index (κ2) is 4.78. The number of rotatable bonds is 5. The lowest BCUT2D eigenvalue weighted by Gasteiger charge is -1.92. The third-order valence-corrected chi connectivity index (χ3v) is 0.401. The van der Waals surface area contributed by atoms with Crippen molar-refractivity contribution in [3.8, 4) is 0 Å². The summed E-state index contributed by atoms with van der Waals surface area (Å²) < 4.78 is 56.4. The molecule has 4 nitrogen and oxygen atoms in total. The standard InChI is InChI=1S/C6H10O4/c7-5(8)3-1-2-4-6(9)10/h1-4H2,(H,7,8)(H,9,10)/i1D2,2D2,3D2,4D2. The van der Waals surface area contributed by atoms with Crippen molar-refractivity contribution < 1.29 is 30.8 Å². The molecule has 0 spiro atoms. The van der Waals surface area contributed by atoms with Crippen LogP contribution in [0.4, 0.5) is 0 Å². The summed E-state index contributed by atoms with van der Waals surface area (Å²) in [6, 6.07) is 0. The summed E-state index contributed by atoms with van der Waals surface area (Å²) >= 11 is 0. The van der Waals surface area contributed by atoms with Crippen LogP contribution in [0.5, 0.6) is 0 Å². The van der Waals surface area contributed by atoms with Gasteiger partial charge in [0.15, 0.2) is 0 Å². The van der Waals surface area contributed by atoms with Gasteiger partial charge < -0.3 is 10.2 Å². The molecule has 0 aliphatic carbocycles. The van der Waals surface area contributed by atoms with Gasteiger partial charge in [-0.1, -0.05) is 0 Å². The molecule has 0 aliphatic heterocycles. The van der Waals surface area contributed by atoms with Gasteiger partial charge in [0.05, 0.1) is 0 Å². The van der Waals surface area contributed by atoms with E-state index in [1.807, 2.05) is 0 Å². The summed E-state index contributed by atoms with van der Waals surface area (Å²) in [5, 5.41) is 17.0. The number of carboxylic acids is 2. The van der Waals surface area contributed by atoms with E-state index in [1.165, 1.54) is 0 Å². The van der Waals surface area contributed by atoms with Crippen molar-refractivity contribution in [2.45, 2.75) is 25.5 Å². The van der Waals surface area contributed by atoms with E-state index in [2.05, 4.69) is 0 Å². The van der Waals surface area contributed by atoms with E-state index in [0.29, 0.717) is 0 Å². The highest BCUT2D eigenvalue weighted by atomic mass is 16.4. The fourth-order valence-electron chi connectivity index (χ4n) is 0.169. The predicted octanol–water partition coefficient (Wildman–Crippen LogP) is 0.716. The minimum atomic E-state index is -3.91. The molecule has 0 saturated carbocycles. The molecule has 0 aromatic carbocycles. The molecule has 0 fully saturated rings. The van der Waals surface area contributed by atoms with E-state index in [4.69, 9.17) is 21.2 Å². The van der Waals surface area contributed by atoms with Gasteiger partial charge in [-0.05, 0) is 12.7 Å². The van der Waals surface area contributed by atoms with Crippen molar-refractivity contribution in [3.63, 3.8) is 0 Å². The first-order valence-corrected chi connectivity index (χ1v) is 2.11. The van der Waals surface area contributed by atoms with Crippen LogP contribution in [0.1, 0.15) is 36.5 Å². The maximum atomic E-state index is 10.6. The van der Waals surface area contributed by atoms with Crippen LogP contribution in [-0.4, -0.2) is 22.2 Å². The first kappa shape index (κ1) is 2.22. The van der Waals surface area contributed by atoms with E-state index in [-0.39, 0.29) is 0 Å². The zero-order chi connectivity index (χ0) is 15.2. The quantitative estimate of drug-likeness (QED) is 0.611. The third kappa shape index (κ3) is 6.94. The average Bonchev–Trinajstić information content (AvgIpc) is 2.15. The maximum absolute atomic E-state index is 10.6. The lowest BCUT2D eigenvalue weighted by Crippen LogP contribution is -1.97. The van der Waals surface area contributed by atoms with Crippen molar-refractivity contribution >= 4 is 11.9 Å². The second-order valence-electron chi connectivity index (χ2n) is 1.11. The normalized spacial score (nSPS) is 26.8. The van der Waals surface area contributed by atoms with Crippen LogP contribution in [0.3, 0.4) is 0 Å². The zero-order valence-electron chi connectivity index (χ0n) is 12.7. The summed E-state index contributed by atoms with van der Waals surface area (Å²) in [5.41, 5.74) is 0. The molecule has 0 radical (unpaired) electrons. The predicted molar refractivity (Wildman–Crippen MR) is 33.7 cm³/mol. The molecule has 0 amide bonds. The van der Waals surface area contributed by atoms with Gasteiger partial charge >= 0.3 is 11.9 Å². The van der Waals surface area contributed by atoms with Gasteiger partial charge in [-0.2, -0.15) is 0 Å². The third-order valence-electron chi connectivity index (χ3n) is 0.401. The van der Waals surface area contributed by atoms with Crippen LogP contribution in [0, 0.1) is 0 Å². The van der Waals surface area contributed by atoms with E-state index >= 15 is 0 Å². The van der Waals surface area contributed by atoms with E-state index in [1.54, 1.807) is 0 Å². The van der Waals surface area contributed by atoms with Crippen molar-refractivity contribution in [2.24, 2.45) is 0 Å². The van der Waals surface area contributed by atoms with Gasteiger partial charge in [0.1, 0.15) is 0 Å². The van der Waals surface area contributed by atoms with Gasteiger partial charge in [-0.15, -0.1) is 0 Å². The van der Waals surface area contributed by atoms with E-state index < -0.39 is 37.4 Å². The Bertz CT molecular complexity index is 340. The Morgan fingerprint density at radius 3 is 1.60 bits per heavy atom. The van der Waals surface area contributed by atoms with Gasteiger partial charge in [0.25, 0.3) is 0 Å². The number of hydrogen-bond acceptors (Lipinski definition) is 2. The Morgan fingerprint density at radius 1 is 1.10 bits per heavy atom. The Hall–Kier alpha value is -1.06. The molecular weight excluding hydrogens is 136 g/mol. The maximum Gasteiger partial charge on any atom is 0.303 e. The zero-order valence-corrected chi connectivity index (χ0v) is 4.71. The smallest absolute Gasteiger partial charge is 0.303 e. The van der Waals surface area contributed by atoms with Crippen molar-refractivity contribution in [2.75, 3.05) is 0 Å². The molecule has 0 saturated heterocycles. The minimum absolute atomic E-state index is 2.36. The largest absolute Gasteiger partial charge is 0.481 e. The van der Waals surface area contributed by atoms with Crippen LogP contribution < -0.4 is 0 Å². The van der Waals surface area contributed by atoms with Crippen LogP contribution in [0.25, 0.3) is 0 Å². The van der Waals surface area contributed by atoms with Gasteiger partial charge in [-0.3, -0.25) is 9.59 Å². The van der Waals surface area contributed by atoms with Gasteiger partial charge in [0.2, 0.25) is 0 Å². The van der Waals surface area contributed by atoms with Crippen molar-refractivity contribution in [3.05, 3.63) is 0 Å². The summed E-state index contributed by atoms with van der Waals surface area (Å²) in [5.74, 6) is -4.73. The Labute approximate surface area is 69.7 Å². The number of carbonyl (C=O) groups is 2. The van der Waals surface area contributed by atoms with Gasteiger partial charge in [0, 0.05) is 23.7 Å². The highest BCUT2D eigenvalue weighted by Gasteiger charge is 1.99. The first-order chi connectivity index (χ1) is 7.64. The fourth-order valence-corrected chi connectivity index (χ4v) is 0.169. The summed E-state index contributed by atoms with van der Waals surface area (Å²) in [7, 11) is 0. The summed E-state index contributed by atoms with van der Waals surface area (Å²) in [4.78, 5) is 21.1. The van der Waals surface area contributed by atoms with E-state index in [0.717, 1.165) is 0 Å². The van der Waals surface area contributed by atoms with E-state index in [9.17, 15) is 9.59 Å². The molecule has 58 valence electrons. The fraction of sp³-hybridized carbons (Fsp3) is 0.667. The molecule has 4 heteroatoms. The number of hydrogen-bond donors (Lipinski definition) is 2. The molecule has 0 rings (SSSR count).